The van der Waals surface area contributed by atoms with Gasteiger partial charge in [0.2, 0.25) is 5.82 Å². The van der Waals surface area contributed by atoms with Gasteiger partial charge in [-0.2, -0.15) is 4.98 Å². The van der Waals surface area contributed by atoms with E-state index in [4.69, 9.17) is 14.0 Å². The van der Waals surface area contributed by atoms with Gasteiger partial charge in [-0.05, 0) is 24.3 Å². The van der Waals surface area contributed by atoms with Gasteiger partial charge in [0.25, 0.3) is 5.89 Å². The summed E-state index contributed by atoms with van der Waals surface area (Å²) in [5.74, 6) is 1.08. The minimum Gasteiger partial charge on any atom is -0.508 e. The molecular formula is C12H14N2O4. The maximum Gasteiger partial charge on any atom is 0.252 e. The summed E-state index contributed by atoms with van der Waals surface area (Å²) in [5.41, 5.74) is 0.777. The molecule has 0 aliphatic rings. The van der Waals surface area contributed by atoms with Gasteiger partial charge in [-0.15, -0.1) is 0 Å². The lowest BCUT2D eigenvalue weighted by molar-refractivity contribution is 0.0494. The second kappa shape index (κ2) is 6.13. The first kappa shape index (κ1) is 12.5. The number of ether oxygens (including phenoxy) is 2. The second-order valence-electron chi connectivity index (χ2n) is 3.60. The van der Waals surface area contributed by atoms with Crippen LogP contribution in [0.4, 0.5) is 0 Å². The molecule has 0 aliphatic heterocycles. The van der Waals surface area contributed by atoms with Crippen molar-refractivity contribution in [2.75, 3.05) is 20.3 Å². The summed E-state index contributed by atoms with van der Waals surface area (Å²) >= 11 is 0. The molecule has 1 N–H and O–H groups in total. The summed E-state index contributed by atoms with van der Waals surface area (Å²) in [6, 6.07) is 6.58. The molecule has 1 aromatic carbocycles. The quantitative estimate of drug-likeness (QED) is 0.785. The van der Waals surface area contributed by atoms with Gasteiger partial charge in [-0.3, -0.25) is 0 Å². The van der Waals surface area contributed by atoms with E-state index in [1.807, 2.05) is 0 Å². The standard InChI is InChI=1S/C12H14N2O4/c1-16-6-7-17-8-11-13-12(14-18-11)9-2-4-10(15)5-3-9/h2-5,15H,6-8H2,1H3. The van der Waals surface area contributed by atoms with Gasteiger partial charge in [-0.1, -0.05) is 5.16 Å². The van der Waals surface area contributed by atoms with Crippen LogP contribution in [0.1, 0.15) is 5.89 Å². The van der Waals surface area contributed by atoms with Crippen LogP contribution in [0.3, 0.4) is 0 Å². The van der Waals surface area contributed by atoms with Crippen LogP contribution >= 0.6 is 0 Å². The van der Waals surface area contributed by atoms with Crippen molar-refractivity contribution in [3.8, 4) is 17.1 Å². The normalized spacial score (nSPS) is 10.7. The smallest absolute Gasteiger partial charge is 0.252 e. The molecule has 0 bridgehead atoms. The van der Waals surface area contributed by atoms with Crippen LogP contribution in [-0.4, -0.2) is 35.6 Å². The van der Waals surface area contributed by atoms with E-state index in [0.29, 0.717) is 24.9 Å². The van der Waals surface area contributed by atoms with Gasteiger partial charge < -0.3 is 19.1 Å². The fourth-order valence-electron chi connectivity index (χ4n) is 1.34. The van der Waals surface area contributed by atoms with Crippen molar-refractivity contribution >= 4 is 0 Å². The summed E-state index contributed by atoms with van der Waals surface area (Å²) in [7, 11) is 1.61. The van der Waals surface area contributed by atoms with Crippen LogP contribution in [0.15, 0.2) is 28.8 Å². The molecule has 0 spiro atoms. The van der Waals surface area contributed by atoms with E-state index in [-0.39, 0.29) is 12.4 Å². The predicted octanol–water partition coefficient (Wildman–Crippen LogP) is 1.61. The minimum atomic E-state index is 0.199. The Morgan fingerprint density at radius 2 is 2.00 bits per heavy atom. The molecule has 0 unspecified atom stereocenters. The Balaban J connectivity index is 1.95. The molecule has 0 radical (unpaired) electrons. The van der Waals surface area contributed by atoms with Crippen molar-refractivity contribution in [2.24, 2.45) is 0 Å². The van der Waals surface area contributed by atoms with E-state index in [9.17, 15) is 5.11 Å². The molecule has 1 aromatic heterocycles. The molecule has 1 heterocycles. The summed E-state index contributed by atoms with van der Waals surface area (Å²) in [5, 5.41) is 13.0. The Hall–Kier alpha value is -1.92. The number of hydrogen-bond acceptors (Lipinski definition) is 6. The largest absolute Gasteiger partial charge is 0.508 e. The molecule has 2 rings (SSSR count). The molecule has 6 nitrogen and oxygen atoms in total. The maximum atomic E-state index is 9.18. The number of methoxy groups -OCH3 is 1. The first-order valence-electron chi connectivity index (χ1n) is 5.48. The molecule has 96 valence electrons. The Morgan fingerprint density at radius 1 is 1.22 bits per heavy atom. The van der Waals surface area contributed by atoms with E-state index in [1.54, 1.807) is 31.4 Å². The van der Waals surface area contributed by atoms with Gasteiger partial charge in [0.15, 0.2) is 0 Å². The van der Waals surface area contributed by atoms with E-state index >= 15 is 0 Å². The number of benzene rings is 1. The molecule has 0 fully saturated rings. The lowest BCUT2D eigenvalue weighted by atomic mass is 10.2. The lowest BCUT2D eigenvalue weighted by Gasteiger charge is -1.98. The van der Waals surface area contributed by atoms with Crippen LogP contribution in [0, 0.1) is 0 Å². The van der Waals surface area contributed by atoms with Crippen molar-refractivity contribution in [1.82, 2.24) is 10.1 Å². The summed E-state index contributed by atoms with van der Waals surface area (Å²) < 4.78 is 15.2. The van der Waals surface area contributed by atoms with Gasteiger partial charge in [0.1, 0.15) is 12.4 Å². The Bertz CT molecular complexity index is 481. The fourth-order valence-corrected chi connectivity index (χ4v) is 1.34. The first-order chi connectivity index (χ1) is 8.79. The highest BCUT2D eigenvalue weighted by atomic mass is 16.5. The van der Waals surface area contributed by atoms with E-state index in [2.05, 4.69) is 10.1 Å². The van der Waals surface area contributed by atoms with Crippen LogP contribution in [0.2, 0.25) is 0 Å². The maximum absolute atomic E-state index is 9.18. The van der Waals surface area contributed by atoms with Gasteiger partial charge in [0, 0.05) is 12.7 Å². The third-order valence-electron chi connectivity index (χ3n) is 2.25. The van der Waals surface area contributed by atoms with Crippen LogP contribution in [0.25, 0.3) is 11.4 Å². The number of phenols is 1. The number of aromatic hydroxyl groups is 1. The Morgan fingerprint density at radius 3 is 2.72 bits per heavy atom. The summed E-state index contributed by atoms with van der Waals surface area (Å²) in [6.07, 6.45) is 0. The van der Waals surface area contributed by atoms with Gasteiger partial charge in [0.05, 0.1) is 13.2 Å². The molecule has 0 aliphatic carbocycles. The Labute approximate surface area is 104 Å². The van der Waals surface area contributed by atoms with E-state index in [1.165, 1.54) is 0 Å². The van der Waals surface area contributed by atoms with Crippen molar-refractivity contribution < 1.29 is 19.1 Å². The molecule has 2 aromatic rings. The van der Waals surface area contributed by atoms with Crippen LogP contribution in [0.5, 0.6) is 5.75 Å². The van der Waals surface area contributed by atoms with Crippen molar-refractivity contribution in [3.05, 3.63) is 30.2 Å². The molecular weight excluding hydrogens is 236 g/mol. The van der Waals surface area contributed by atoms with Crippen LogP contribution < -0.4 is 0 Å². The van der Waals surface area contributed by atoms with E-state index < -0.39 is 0 Å². The highest BCUT2D eigenvalue weighted by Crippen LogP contribution is 2.19. The van der Waals surface area contributed by atoms with Gasteiger partial charge >= 0.3 is 0 Å². The van der Waals surface area contributed by atoms with Crippen molar-refractivity contribution in [2.45, 2.75) is 6.61 Å². The third-order valence-corrected chi connectivity index (χ3v) is 2.25. The highest BCUT2D eigenvalue weighted by molar-refractivity contribution is 5.55. The molecule has 0 amide bonds. The van der Waals surface area contributed by atoms with Crippen molar-refractivity contribution in [3.63, 3.8) is 0 Å². The fraction of sp³-hybridized carbons (Fsp3) is 0.333. The zero-order chi connectivity index (χ0) is 12.8. The molecule has 0 saturated carbocycles. The number of rotatable bonds is 6. The van der Waals surface area contributed by atoms with Crippen LogP contribution in [-0.2, 0) is 16.1 Å². The zero-order valence-corrected chi connectivity index (χ0v) is 10.00. The zero-order valence-electron chi connectivity index (χ0n) is 10.00. The van der Waals surface area contributed by atoms with E-state index in [0.717, 1.165) is 5.56 Å². The summed E-state index contributed by atoms with van der Waals surface area (Å²) in [6.45, 7) is 1.26. The molecule has 6 heteroatoms. The topological polar surface area (TPSA) is 77.6 Å². The second-order valence-corrected chi connectivity index (χ2v) is 3.60. The average Bonchev–Trinajstić information content (AvgIpc) is 2.84. The SMILES string of the molecule is COCCOCc1nc(-c2ccc(O)cc2)no1. The molecule has 0 atom stereocenters. The first-order valence-corrected chi connectivity index (χ1v) is 5.48. The number of hydrogen-bond donors (Lipinski definition) is 1. The minimum absolute atomic E-state index is 0.199. The monoisotopic (exact) mass is 250 g/mol. The number of aromatic nitrogens is 2. The van der Waals surface area contributed by atoms with Gasteiger partial charge in [-0.25, -0.2) is 0 Å². The number of nitrogens with zero attached hydrogens (tertiary/aromatic N) is 2. The molecule has 0 saturated heterocycles. The highest BCUT2D eigenvalue weighted by Gasteiger charge is 2.08. The molecule has 18 heavy (non-hydrogen) atoms. The predicted molar refractivity (Wildman–Crippen MR) is 62.9 cm³/mol. The third kappa shape index (κ3) is 3.28. The average molecular weight is 250 g/mol. The van der Waals surface area contributed by atoms with Crippen molar-refractivity contribution in [1.29, 1.82) is 0 Å². The number of phenolic OH excluding ortho intramolecular Hbond substituents is 1. The lowest BCUT2D eigenvalue weighted by Crippen LogP contribution is -2.01. The Kier molecular flexibility index (Phi) is 4.27. The summed E-state index contributed by atoms with van der Waals surface area (Å²) in [4.78, 5) is 4.18.